The van der Waals surface area contributed by atoms with Gasteiger partial charge >= 0.3 is 0 Å². The average Bonchev–Trinajstić information content (AvgIpc) is 2.72. The lowest BCUT2D eigenvalue weighted by Crippen LogP contribution is -2.38. The third-order valence-electron chi connectivity index (χ3n) is 4.65. The molecule has 2 aromatic rings. The number of aromatic nitrogens is 1. The SMILES string of the molecule is CN=C(NCCc1ccccn1)NCc1ccc(N2CCCCC2=O)cc1.I. The van der Waals surface area contributed by atoms with Crippen LogP contribution in [0.2, 0.25) is 0 Å². The molecule has 150 valence electrons. The van der Waals surface area contributed by atoms with E-state index in [2.05, 4.69) is 32.7 Å². The van der Waals surface area contributed by atoms with E-state index < -0.39 is 0 Å². The first-order valence-electron chi connectivity index (χ1n) is 9.50. The third kappa shape index (κ3) is 6.47. The molecule has 7 heteroatoms. The minimum absolute atomic E-state index is 0. The van der Waals surface area contributed by atoms with Gasteiger partial charge in [0, 0.05) is 57.1 Å². The van der Waals surface area contributed by atoms with Gasteiger partial charge in [0.25, 0.3) is 0 Å². The minimum atomic E-state index is 0. The minimum Gasteiger partial charge on any atom is -0.356 e. The Balaban J connectivity index is 0.00000280. The molecule has 0 aliphatic carbocycles. The fourth-order valence-corrected chi connectivity index (χ4v) is 3.13. The van der Waals surface area contributed by atoms with Gasteiger partial charge in [0.1, 0.15) is 0 Å². The molecule has 28 heavy (non-hydrogen) atoms. The highest BCUT2D eigenvalue weighted by Crippen LogP contribution is 2.21. The van der Waals surface area contributed by atoms with E-state index in [9.17, 15) is 4.79 Å². The molecule has 1 aromatic heterocycles. The molecule has 0 unspecified atom stereocenters. The predicted octanol–water partition coefficient (Wildman–Crippen LogP) is 3.12. The average molecular weight is 493 g/mol. The van der Waals surface area contributed by atoms with Gasteiger partial charge in [-0.15, -0.1) is 24.0 Å². The van der Waals surface area contributed by atoms with Crippen LogP contribution in [0.4, 0.5) is 5.69 Å². The number of rotatable bonds is 6. The van der Waals surface area contributed by atoms with Gasteiger partial charge < -0.3 is 15.5 Å². The number of nitrogens with zero attached hydrogens (tertiary/aromatic N) is 3. The summed E-state index contributed by atoms with van der Waals surface area (Å²) in [5.41, 5.74) is 3.19. The lowest BCUT2D eigenvalue weighted by Gasteiger charge is -2.26. The molecule has 0 spiro atoms. The normalized spacial score (nSPS) is 14.4. The molecule has 0 atom stereocenters. The highest BCUT2D eigenvalue weighted by Gasteiger charge is 2.19. The van der Waals surface area contributed by atoms with Crippen molar-refractivity contribution in [3.63, 3.8) is 0 Å². The molecule has 1 saturated heterocycles. The van der Waals surface area contributed by atoms with Gasteiger partial charge in [0.2, 0.25) is 5.91 Å². The Morgan fingerprint density at radius 2 is 1.96 bits per heavy atom. The van der Waals surface area contributed by atoms with Crippen LogP contribution in [0.15, 0.2) is 53.7 Å². The summed E-state index contributed by atoms with van der Waals surface area (Å²) in [5.74, 6) is 0.992. The standard InChI is InChI=1S/C21H27N5O.HI/c1-22-21(24-14-12-18-6-2-4-13-23-18)25-16-17-8-10-19(11-9-17)26-15-5-3-7-20(26)27;/h2,4,6,8-11,13H,3,5,7,12,14-16H2,1H3,(H2,22,24,25);1H. The summed E-state index contributed by atoms with van der Waals surface area (Å²) < 4.78 is 0. The molecule has 0 radical (unpaired) electrons. The van der Waals surface area contributed by atoms with Gasteiger partial charge in [-0.2, -0.15) is 0 Å². The Hall–Kier alpha value is -2.16. The van der Waals surface area contributed by atoms with Crippen molar-refractivity contribution < 1.29 is 4.79 Å². The molecule has 1 fully saturated rings. The van der Waals surface area contributed by atoms with E-state index >= 15 is 0 Å². The van der Waals surface area contributed by atoms with E-state index in [4.69, 9.17) is 0 Å². The number of carbonyl (C=O) groups is 1. The van der Waals surface area contributed by atoms with Crippen molar-refractivity contribution in [3.05, 3.63) is 59.9 Å². The Labute approximate surface area is 183 Å². The molecule has 3 rings (SSSR count). The van der Waals surface area contributed by atoms with Crippen LogP contribution >= 0.6 is 24.0 Å². The fourth-order valence-electron chi connectivity index (χ4n) is 3.13. The molecule has 1 aliphatic heterocycles. The Bertz CT molecular complexity index is 764. The first-order chi connectivity index (χ1) is 13.3. The van der Waals surface area contributed by atoms with Crippen LogP contribution in [-0.2, 0) is 17.8 Å². The second-order valence-corrected chi connectivity index (χ2v) is 6.59. The number of aliphatic imine (C=N–C) groups is 1. The van der Waals surface area contributed by atoms with Crippen molar-refractivity contribution in [2.75, 3.05) is 25.0 Å². The number of amides is 1. The second-order valence-electron chi connectivity index (χ2n) is 6.59. The zero-order valence-electron chi connectivity index (χ0n) is 16.2. The van der Waals surface area contributed by atoms with E-state index in [0.29, 0.717) is 13.0 Å². The molecule has 1 amide bonds. The summed E-state index contributed by atoms with van der Waals surface area (Å²) >= 11 is 0. The number of guanidine groups is 1. The van der Waals surface area contributed by atoms with Crippen LogP contribution in [-0.4, -0.2) is 37.0 Å². The number of carbonyl (C=O) groups excluding carboxylic acids is 1. The van der Waals surface area contributed by atoms with Gasteiger partial charge in [0.15, 0.2) is 5.96 Å². The van der Waals surface area contributed by atoms with Crippen LogP contribution in [0.3, 0.4) is 0 Å². The third-order valence-corrected chi connectivity index (χ3v) is 4.65. The highest BCUT2D eigenvalue weighted by atomic mass is 127. The first-order valence-corrected chi connectivity index (χ1v) is 9.50. The molecule has 1 aliphatic rings. The van der Waals surface area contributed by atoms with E-state index in [1.165, 1.54) is 0 Å². The molecular formula is C21H28IN5O. The van der Waals surface area contributed by atoms with Gasteiger partial charge in [-0.25, -0.2) is 0 Å². The van der Waals surface area contributed by atoms with Crippen LogP contribution in [0.5, 0.6) is 0 Å². The summed E-state index contributed by atoms with van der Waals surface area (Å²) in [7, 11) is 1.77. The number of nitrogens with one attached hydrogen (secondary N) is 2. The lowest BCUT2D eigenvalue weighted by atomic mass is 10.1. The molecule has 6 nitrogen and oxygen atoms in total. The number of hydrogen-bond acceptors (Lipinski definition) is 3. The van der Waals surface area contributed by atoms with Crippen molar-refractivity contribution in [1.82, 2.24) is 15.6 Å². The van der Waals surface area contributed by atoms with Gasteiger partial charge in [-0.3, -0.25) is 14.8 Å². The number of halogens is 1. The number of piperidine rings is 1. The number of anilines is 1. The summed E-state index contributed by atoms with van der Waals surface area (Å²) in [6.45, 7) is 2.27. The smallest absolute Gasteiger partial charge is 0.226 e. The zero-order valence-corrected chi connectivity index (χ0v) is 18.6. The summed E-state index contributed by atoms with van der Waals surface area (Å²) in [5, 5.41) is 6.62. The highest BCUT2D eigenvalue weighted by molar-refractivity contribution is 14.0. The second kappa shape index (κ2) is 11.6. The van der Waals surface area contributed by atoms with Crippen molar-refractivity contribution in [2.24, 2.45) is 4.99 Å². The maximum Gasteiger partial charge on any atom is 0.226 e. The van der Waals surface area contributed by atoms with E-state index in [-0.39, 0.29) is 29.9 Å². The van der Waals surface area contributed by atoms with Crippen LogP contribution in [0.1, 0.15) is 30.5 Å². The molecule has 2 N–H and O–H groups in total. The fraction of sp³-hybridized carbons (Fsp3) is 0.381. The number of benzene rings is 1. The molecule has 0 saturated carbocycles. The largest absolute Gasteiger partial charge is 0.356 e. The predicted molar refractivity (Wildman–Crippen MR) is 124 cm³/mol. The number of pyridine rings is 1. The Morgan fingerprint density at radius 3 is 2.64 bits per heavy atom. The topological polar surface area (TPSA) is 69.6 Å². The molecular weight excluding hydrogens is 465 g/mol. The van der Waals surface area contributed by atoms with E-state index in [1.54, 1.807) is 7.05 Å². The van der Waals surface area contributed by atoms with Crippen molar-refractivity contribution >= 4 is 41.5 Å². The maximum atomic E-state index is 12.0. The first kappa shape index (κ1) is 22.1. The van der Waals surface area contributed by atoms with Crippen molar-refractivity contribution in [2.45, 2.75) is 32.2 Å². The lowest BCUT2D eigenvalue weighted by molar-refractivity contribution is -0.119. The van der Waals surface area contributed by atoms with Gasteiger partial charge in [-0.05, 0) is 42.7 Å². The van der Waals surface area contributed by atoms with Crippen molar-refractivity contribution in [1.29, 1.82) is 0 Å². The molecule has 2 heterocycles. The molecule has 1 aromatic carbocycles. The monoisotopic (exact) mass is 493 g/mol. The maximum absolute atomic E-state index is 12.0. The zero-order chi connectivity index (χ0) is 18.9. The number of hydrogen-bond donors (Lipinski definition) is 2. The Kier molecular flexibility index (Phi) is 9.19. The quantitative estimate of drug-likeness (QED) is 0.369. The van der Waals surface area contributed by atoms with Crippen LogP contribution < -0.4 is 15.5 Å². The summed E-state index contributed by atoms with van der Waals surface area (Å²) in [6, 6.07) is 14.1. The van der Waals surface area contributed by atoms with Crippen molar-refractivity contribution in [3.8, 4) is 0 Å². The summed E-state index contributed by atoms with van der Waals surface area (Å²) in [4.78, 5) is 22.5. The van der Waals surface area contributed by atoms with Crippen LogP contribution in [0, 0.1) is 0 Å². The van der Waals surface area contributed by atoms with Crippen LogP contribution in [0.25, 0.3) is 0 Å². The summed E-state index contributed by atoms with van der Waals surface area (Å²) in [6.07, 6.45) is 5.40. The molecule has 0 bridgehead atoms. The van der Waals surface area contributed by atoms with Gasteiger partial charge in [-0.1, -0.05) is 18.2 Å². The van der Waals surface area contributed by atoms with Gasteiger partial charge in [0.05, 0.1) is 0 Å². The van der Waals surface area contributed by atoms with E-state index in [1.807, 2.05) is 41.4 Å². The Morgan fingerprint density at radius 1 is 1.14 bits per heavy atom. The van der Waals surface area contributed by atoms with E-state index in [0.717, 1.165) is 55.3 Å².